The first-order valence-electron chi connectivity index (χ1n) is 4.69. The van der Waals surface area contributed by atoms with Crippen LogP contribution in [0.1, 0.15) is 33.3 Å². The number of ether oxygens (including phenoxy) is 1. The predicted octanol–water partition coefficient (Wildman–Crippen LogP) is 3.29. The van der Waals surface area contributed by atoms with E-state index >= 15 is 0 Å². The van der Waals surface area contributed by atoms with Crippen LogP contribution in [0.3, 0.4) is 0 Å². The summed E-state index contributed by atoms with van der Waals surface area (Å²) in [4.78, 5) is 4.06. The number of nitrogens with zero attached hydrogens (tertiary/aromatic N) is 1. The van der Waals surface area contributed by atoms with E-state index in [9.17, 15) is 0 Å². The Kier molecular flexibility index (Phi) is 2.94. The molecule has 2 nitrogen and oxygen atoms in total. The first-order valence-corrected chi connectivity index (χ1v) is 4.69. The van der Waals surface area contributed by atoms with Gasteiger partial charge < -0.3 is 4.74 Å². The Bertz CT molecular complexity index is 336. The summed E-state index contributed by atoms with van der Waals surface area (Å²) in [5, 5.41) is 0. The Hall–Kier alpha value is -1.31. The number of hydrogen-bond acceptors (Lipinski definition) is 2. The van der Waals surface area contributed by atoms with Crippen molar-refractivity contribution in [3.8, 4) is 5.75 Å². The maximum atomic E-state index is 5.79. The third-order valence-corrected chi connectivity index (χ3v) is 1.66. The van der Waals surface area contributed by atoms with Crippen LogP contribution in [-0.2, 0) is 0 Å². The number of rotatable bonds is 2. The first kappa shape index (κ1) is 10.8. The van der Waals surface area contributed by atoms with Crippen molar-refractivity contribution in [3.63, 3.8) is 0 Å². The average Bonchev–Trinajstić information content (AvgIpc) is 2.01. The molecule has 0 aliphatic heterocycles. The molecule has 0 saturated heterocycles. The average molecular weight is 191 g/mol. The van der Waals surface area contributed by atoms with Gasteiger partial charge in [-0.15, -0.1) is 0 Å². The summed E-state index contributed by atoms with van der Waals surface area (Å²) in [7, 11) is 0. The highest BCUT2D eigenvalue weighted by atomic mass is 16.5. The standard InChI is InChI=1S/C12H17NO/c1-9(2)10-8-13-7-6-11(10)14-12(3,4)5/h6-8H,1H2,2-5H3. The Morgan fingerprint density at radius 3 is 2.57 bits per heavy atom. The molecule has 0 atom stereocenters. The highest BCUT2D eigenvalue weighted by Crippen LogP contribution is 2.26. The lowest BCUT2D eigenvalue weighted by Gasteiger charge is -2.23. The van der Waals surface area contributed by atoms with E-state index in [1.54, 1.807) is 12.4 Å². The van der Waals surface area contributed by atoms with E-state index in [4.69, 9.17) is 4.74 Å². The summed E-state index contributed by atoms with van der Waals surface area (Å²) in [5.74, 6) is 0.847. The third kappa shape index (κ3) is 2.87. The molecule has 1 rings (SSSR count). The zero-order valence-electron chi connectivity index (χ0n) is 9.29. The fraction of sp³-hybridized carbons (Fsp3) is 0.417. The van der Waals surface area contributed by atoms with Crippen LogP contribution in [0.15, 0.2) is 25.0 Å². The zero-order valence-corrected chi connectivity index (χ0v) is 9.29. The predicted molar refractivity (Wildman–Crippen MR) is 59.3 cm³/mol. The summed E-state index contributed by atoms with van der Waals surface area (Å²) in [6, 6.07) is 1.87. The normalized spacial score (nSPS) is 11.1. The van der Waals surface area contributed by atoms with Gasteiger partial charge in [0.2, 0.25) is 0 Å². The quantitative estimate of drug-likeness (QED) is 0.715. The highest BCUT2D eigenvalue weighted by Gasteiger charge is 2.14. The molecule has 1 aromatic heterocycles. The summed E-state index contributed by atoms with van der Waals surface area (Å²) in [6.45, 7) is 11.9. The van der Waals surface area contributed by atoms with Gasteiger partial charge in [-0.2, -0.15) is 0 Å². The number of aromatic nitrogens is 1. The van der Waals surface area contributed by atoms with Gasteiger partial charge in [0.15, 0.2) is 0 Å². The Balaban J connectivity index is 3.02. The van der Waals surface area contributed by atoms with Crippen LogP contribution in [0.25, 0.3) is 5.57 Å². The van der Waals surface area contributed by atoms with Crippen LogP contribution in [-0.4, -0.2) is 10.6 Å². The van der Waals surface area contributed by atoms with Crippen LogP contribution in [0.4, 0.5) is 0 Å². The molecule has 0 saturated carbocycles. The van der Waals surface area contributed by atoms with Crippen LogP contribution >= 0.6 is 0 Å². The molecular weight excluding hydrogens is 174 g/mol. The van der Waals surface area contributed by atoms with Crippen molar-refractivity contribution < 1.29 is 4.74 Å². The van der Waals surface area contributed by atoms with E-state index in [0.717, 1.165) is 16.9 Å². The second-order valence-electron chi connectivity index (χ2n) is 4.37. The summed E-state index contributed by atoms with van der Waals surface area (Å²) in [6.07, 6.45) is 3.51. The fourth-order valence-corrected chi connectivity index (χ4v) is 1.12. The van der Waals surface area contributed by atoms with Gasteiger partial charge in [0.05, 0.1) is 0 Å². The fourth-order valence-electron chi connectivity index (χ4n) is 1.12. The topological polar surface area (TPSA) is 22.1 Å². The van der Waals surface area contributed by atoms with Crippen molar-refractivity contribution in [3.05, 3.63) is 30.6 Å². The largest absolute Gasteiger partial charge is 0.487 e. The molecule has 0 unspecified atom stereocenters. The van der Waals surface area contributed by atoms with Gasteiger partial charge in [-0.05, 0) is 39.3 Å². The maximum absolute atomic E-state index is 5.79. The molecular formula is C12H17NO. The lowest BCUT2D eigenvalue weighted by atomic mass is 10.1. The van der Waals surface area contributed by atoms with E-state index in [-0.39, 0.29) is 5.60 Å². The van der Waals surface area contributed by atoms with Crippen molar-refractivity contribution >= 4 is 5.57 Å². The van der Waals surface area contributed by atoms with E-state index in [0.29, 0.717) is 0 Å². The van der Waals surface area contributed by atoms with E-state index in [2.05, 4.69) is 11.6 Å². The van der Waals surface area contributed by atoms with E-state index in [1.807, 2.05) is 33.8 Å². The number of allylic oxidation sites excluding steroid dienone is 1. The van der Waals surface area contributed by atoms with Crippen LogP contribution in [0.2, 0.25) is 0 Å². The summed E-state index contributed by atoms with van der Waals surface area (Å²) in [5.41, 5.74) is 1.76. The molecule has 0 bridgehead atoms. The highest BCUT2D eigenvalue weighted by molar-refractivity contribution is 5.66. The minimum absolute atomic E-state index is 0.189. The smallest absolute Gasteiger partial charge is 0.130 e. The van der Waals surface area contributed by atoms with E-state index in [1.165, 1.54) is 0 Å². The van der Waals surface area contributed by atoms with Gasteiger partial charge in [0, 0.05) is 18.0 Å². The van der Waals surface area contributed by atoms with Gasteiger partial charge in [-0.25, -0.2) is 0 Å². The molecule has 1 aromatic rings. The molecule has 0 aliphatic rings. The Morgan fingerprint density at radius 1 is 1.43 bits per heavy atom. The number of pyridine rings is 1. The Morgan fingerprint density at radius 2 is 2.07 bits per heavy atom. The molecule has 0 aliphatic carbocycles. The molecule has 76 valence electrons. The van der Waals surface area contributed by atoms with Gasteiger partial charge in [0.25, 0.3) is 0 Å². The molecule has 14 heavy (non-hydrogen) atoms. The molecule has 1 heterocycles. The number of hydrogen-bond donors (Lipinski definition) is 0. The van der Waals surface area contributed by atoms with Crippen molar-refractivity contribution in [2.75, 3.05) is 0 Å². The molecule has 0 aromatic carbocycles. The van der Waals surface area contributed by atoms with Crippen LogP contribution in [0, 0.1) is 0 Å². The second kappa shape index (κ2) is 3.82. The van der Waals surface area contributed by atoms with Gasteiger partial charge in [0.1, 0.15) is 11.4 Å². The van der Waals surface area contributed by atoms with Crippen molar-refractivity contribution in [2.24, 2.45) is 0 Å². The van der Waals surface area contributed by atoms with Gasteiger partial charge >= 0.3 is 0 Å². The minimum Gasteiger partial charge on any atom is -0.487 e. The maximum Gasteiger partial charge on any atom is 0.130 e. The SMILES string of the molecule is C=C(C)c1cnccc1OC(C)(C)C. The minimum atomic E-state index is -0.189. The molecule has 0 fully saturated rings. The van der Waals surface area contributed by atoms with Gasteiger partial charge in [-0.3, -0.25) is 4.98 Å². The third-order valence-electron chi connectivity index (χ3n) is 1.66. The molecule has 0 N–H and O–H groups in total. The van der Waals surface area contributed by atoms with Gasteiger partial charge in [-0.1, -0.05) is 6.58 Å². The van der Waals surface area contributed by atoms with Crippen molar-refractivity contribution in [2.45, 2.75) is 33.3 Å². The lowest BCUT2D eigenvalue weighted by Crippen LogP contribution is -2.23. The van der Waals surface area contributed by atoms with Crippen LogP contribution in [0.5, 0.6) is 5.75 Å². The summed E-state index contributed by atoms with van der Waals surface area (Å²) < 4.78 is 5.79. The molecule has 0 radical (unpaired) electrons. The molecule has 0 amide bonds. The lowest BCUT2D eigenvalue weighted by molar-refractivity contribution is 0.130. The Labute approximate surface area is 85.6 Å². The monoisotopic (exact) mass is 191 g/mol. The summed E-state index contributed by atoms with van der Waals surface area (Å²) >= 11 is 0. The second-order valence-corrected chi connectivity index (χ2v) is 4.37. The molecule has 2 heteroatoms. The van der Waals surface area contributed by atoms with Crippen molar-refractivity contribution in [1.82, 2.24) is 4.98 Å². The first-order chi connectivity index (χ1) is 6.40. The van der Waals surface area contributed by atoms with Crippen molar-refractivity contribution in [1.29, 1.82) is 0 Å². The molecule has 0 spiro atoms. The zero-order chi connectivity index (χ0) is 10.8. The van der Waals surface area contributed by atoms with E-state index < -0.39 is 0 Å². The van der Waals surface area contributed by atoms with Crippen LogP contribution < -0.4 is 4.74 Å².